The van der Waals surface area contributed by atoms with Gasteiger partial charge in [0.15, 0.2) is 5.54 Å². The van der Waals surface area contributed by atoms with Gasteiger partial charge in [-0.1, -0.05) is 79.2 Å². The molecule has 1 unspecified atom stereocenters. The SMILES string of the molecule is CCCN[C@@](C(=O)O)(c1ccccc1)C(Nc1ccccc1)c1ccc(Cl)cc1. The molecule has 0 aliphatic rings. The molecule has 3 rings (SSSR count). The molecule has 0 saturated heterocycles. The van der Waals surface area contributed by atoms with Crippen molar-refractivity contribution in [1.29, 1.82) is 0 Å². The molecular weight excluding hydrogens is 384 g/mol. The third-order valence-corrected chi connectivity index (χ3v) is 5.19. The highest BCUT2D eigenvalue weighted by molar-refractivity contribution is 6.30. The number of carboxylic acid groups (broad SMARTS) is 1. The fourth-order valence-corrected chi connectivity index (χ4v) is 3.64. The summed E-state index contributed by atoms with van der Waals surface area (Å²) in [6.07, 6.45) is 0.806. The molecule has 150 valence electrons. The summed E-state index contributed by atoms with van der Waals surface area (Å²) in [5.74, 6) is -0.944. The lowest BCUT2D eigenvalue weighted by molar-refractivity contribution is -0.146. The predicted octanol–water partition coefficient (Wildman–Crippen LogP) is 5.47. The maximum absolute atomic E-state index is 12.9. The fourth-order valence-electron chi connectivity index (χ4n) is 3.51. The molecule has 0 bridgehead atoms. The van der Waals surface area contributed by atoms with Gasteiger partial charge in [-0.25, -0.2) is 4.79 Å². The van der Waals surface area contributed by atoms with Crippen LogP contribution in [0.4, 0.5) is 5.69 Å². The highest BCUT2D eigenvalue weighted by Gasteiger charge is 2.48. The van der Waals surface area contributed by atoms with Crippen molar-refractivity contribution in [3.8, 4) is 0 Å². The Morgan fingerprint density at radius 3 is 2.10 bits per heavy atom. The molecule has 2 atom stereocenters. The molecule has 0 heterocycles. The van der Waals surface area contributed by atoms with Crippen molar-refractivity contribution in [2.45, 2.75) is 24.9 Å². The highest BCUT2D eigenvalue weighted by atomic mass is 35.5. The van der Waals surface area contributed by atoms with Crippen LogP contribution in [0.5, 0.6) is 0 Å². The van der Waals surface area contributed by atoms with E-state index < -0.39 is 17.6 Å². The Morgan fingerprint density at radius 2 is 1.55 bits per heavy atom. The van der Waals surface area contributed by atoms with Crippen LogP contribution in [-0.2, 0) is 10.3 Å². The van der Waals surface area contributed by atoms with E-state index in [0.29, 0.717) is 17.1 Å². The molecule has 3 aromatic carbocycles. The van der Waals surface area contributed by atoms with Gasteiger partial charge in [0.1, 0.15) is 0 Å². The third kappa shape index (κ3) is 4.61. The summed E-state index contributed by atoms with van der Waals surface area (Å²) in [5.41, 5.74) is 0.978. The summed E-state index contributed by atoms with van der Waals surface area (Å²) in [7, 11) is 0. The summed E-state index contributed by atoms with van der Waals surface area (Å²) in [5, 5.41) is 17.9. The van der Waals surface area contributed by atoms with Crippen LogP contribution in [0.3, 0.4) is 0 Å². The van der Waals surface area contributed by atoms with Gasteiger partial charge in [0.05, 0.1) is 6.04 Å². The number of hydrogen-bond acceptors (Lipinski definition) is 3. The number of para-hydroxylation sites is 1. The van der Waals surface area contributed by atoms with Crippen LogP contribution in [0.1, 0.15) is 30.5 Å². The lowest BCUT2D eigenvalue weighted by Crippen LogP contribution is -2.56. The van der Waals surface area contributed by atoms with Gasteiger partial charge in [0, 0.05) is 10.7 Å². The second-order valence-corrected chi connectivity index (χ2v) is 7.34. The van der Waals surface area contributed by atoms with E-state index in [1.165, 1.54) is 0 Å². The van der Waals surface area contributed by atoms with E-state index in [1.807, 2.05) is 79.7 Å². The van der Waals surface area contributed by atoms with Crippen LogP contribution < -0.4 is 10.6 Å². The molecule has 0 radical (unpaired) electrons. The Balaban J connectivity index is 2.20. The van der Waals surface area contributed by atoms with Crippen LogP contribution in [0.25, 0.3) is 0 Å². The molecule has 0 amide bonds. The van der Waals surface area contributed by atoms with E-state index in [4.69, 9.17) is 11.6 Å². The Kier molecular flexibility index (Phi) is 6.91. The lowest BCUT2D eigenvalue weighted by atomic mass is 9.78. The van der Waals surface area contributed by atoms with Crippen molar-refractivity contribution in [1.82, 2.24) is 5.32 Å². The first-order valence-electron chi connectivity index (χ1n) is 9.69. The van der Waals surface area contributed by atoms with Crippen LogP contribution in [0, 0.1) is 0 Å². The van der Waals surface area contributed by atoms with Crippen molar-refractivity contribution in [3.63, 3.8) is 0 Å². The maximum atomic E-state index is 12.9. The zero-order valence-electron chi connectivity index (χ0n) is 16.3. The molecule has 0 fully saturated rings. The summed E-state index contributed by atoms with van der Waals surface area (Å²) < 4.78 is 0. The number of nitrogens with one attached hydrogen (secondary N) is 2. The minimum Gasteiger partial charge on any atom is -0.480 e. The number of halogens is 1. The number of carbonyl (C=O) groups is 1. The zero-order chi connectivity index (χ0) is 20.7. The van der Waals surface area contributed by atoms with Gasteiger partial charge >= 0.3 is 5.97 Å². The Hall–Kier alpha value is -2.82. The fraction of sp³-hybridized carbons (Fsp3) is 0.208. The van der Waals surface area contributed by atoms with Crippen LogP contribution in [0.2, 0.25) is 5.02 Å². The van der Waals surface area contributed by atoms with Gasteiger partial charge in [0.2, 0.25) is 0 Å². The number of benzene rings is 3. The summed E-state index contributed by atoms with van der Waals surface area (Å²) in [4.78, 5) is 12.9. The van der Waals surface area contributed by atoms with Gasteiger partial charge in [0.25, 0.3) is 0 Å². The zero-order valence-corrected chi connectivity index (χ0v) is 17.1. The lowest BCUT2D eigenvalue weighted by Gasteiger charge is -2.40. The Morgan fingerprint density at radius 1 is 0.966 bits per heavy atom. The van der Waals surface area contributed by atoms with Crippen LogP contribution in [-0.4, -0.2) is 17.6 Å². The third-order valence-electron chi connectivity index (χ3n) is 4.94. The molecule has 0 spiro atoms. The van der Waals surface area contributed by atoms with E-state index in [0.717, 1.165) is 17.7 Å². The molecule has 0 saturated carbocycles. The molecule has 3 aromatic rings. The smallest absolute Gasteiger partial charge is 0.331 e. The van der Waals surface area contributed by atoms with Gasteiger partial charge in [-0.2, -0.15) is 0 Å². The predicted molar refractivity (Wildman–Crippen MR) is 118 cm³/mol. The van der Waals surface area contributed by atoms with Crippen molar-refractivity contribution >= 4 is 23.3 Å². The molecule has 0 aliphatic carbocycles. The van der Waals surface area contributed by atoms with Crippen LogP contribution in [0.15, 0.2) is 84.9 Å². The average molecular weight is 409 g/mol. The summed E-state index contributed by atoms with van der Waals surface area (Å²) in [6, 6.07) is 25.7. The van der Waals surface area contributed by atoms with E-state index in [1.54, 1.807) is 12.1 Å². The van der Waals surface area contributed by atoms with Gasteiger partial charge in [-0.05, 0) is 48.4 Å². The normalized spacial score (nSPS) is 14.0. The molecule has 0 aromatic heterocycles. The number of carboxylic acids is 1. The minimum absolute atomic E-state index is 0.557. The van der Waals surface area contributed by atoms with Crippen molar-refractivity contribution in [2.24, 2.45) is 0 Å². The molecule has 3 N–H and O–H groups in total. The quantitative estimate of drug-likeness (QED) is 0.439. The standard InChI is InChI=1S/C24H25ClN2O2/c1-2-17-26-24(23(28)29,19-9-5-3-6-10-19)22(18-13-15-20(25)16-14-18)27-21-11-7-4-8-12-21/h3-16,22,26-27H,2,17H2,1H3,(H,28,29)/t22?,24-/m0/s1. The second-order valence-electron chi connectivity index (χ2n) is 6.90. The van der Waals surface area contributed by atoms with E-state index in [9.17, 15) is 9.90 Å². The average Bonchev–Trinajstić information content (AvgIpc) is 2.75. The monoisotopic (exact) mass is 408 g/mol. The highest BCUT2D eigenvalue weighted by Crippen LogP contribution is 2.39. The van der Waals surface area contributed by atoms with E-state index in [-0.39, 0.29) is 0 Å². The number of rotatable bonds is 9. The van der Waals surface area contributed by atoms with Crippen molar-refractivity contribution < 1.29 is 9.90 Å². The summed E-state index contributed by atoms with van der Waals surface area (Å²) in [6.45, 7) is 2.58. The largest absolute Gasteiger partial charge is 0.480 e. The minimum atomic E-state index is -1.37. The number of aliphatic carboxylic acids is 1. The first-order valence-corrected chi connectivity index (χ1v) is 10.1. The topological polar surface area (TPSA) is 61.4 Å². The first-order chi connectivity index (χ1) is 14.1. The van der Waals surface area contributed by atoms with Gasteiger partial charge in [-0.15, -0.1) is 0 Å². The Bertz CT molecular complexity index is 917. The van der Waals surface area contributed by atoms with E-state index in [2.05, 4.69) is 10.6 Å². The van der Waals surface area contributed by atoms with Crippen molar-refractivity contribution in [2.75, 3.05) is 11.9 Å². The molecular formula is C24H25ClN2O2. The number of anilines is 1. The molecule has 5 heteroatoms. The van der Waals surface area contributed by atoms with Crippen molar-refractivity contribution in [3.05, 3.63) is 101 Å². The van der Waals surface area contributed by atoms with Gasteiger partial charge < -0.3 is 10.4 Å². The molecule has 0 aliphatic heterocycles. The molecule has 4 nitrogen and oxygen atoms in total. The first kappa shape index (κ1) is 20.9. The number of hydrogen-bond donors (Lipinski definition) is 3. The molecule has 29 heavy (non-hydrogen) atoms. The maximum Gasteiger partial charge on any atom is 0.331 e. The second kappa shape index (κ2) is 9.59. The van der Waals surface area contributed by atoms with Gasteiger partial charge in [-0.3, -0.25) is 5.32 Å². The Labute approximate surface area is 176 Å². The summed E-state index contributed by atoms with van der Waals surface area (Å²) >= 11 is 6.10. The van der Waals surface area contributed by atoms with Crippen LogP contribution >= 0.6 is 11.6 Å². The van der Waals surface area contributed by atoms with E-state index >= 15 is 0 Å².